The van der Waals surface area contributed by atoms with Crippen molar-refractivity contribution in [3.63, 3.8) is 0 Å². The highest BCUT2D eigenvalue weighted by Crippen LogP contribution is 2.32. The van der Waals surface area contributed by atoms with Gasteiger partial charge in [-0.15, -0.1) is 5.10 Å². The first-order valence-electron chi connectivity index (χ1n) is 11.7. The van der Waals surface area contributed by atoms with Gasteiger partial charge in [-0.25, -0.2) is 31.5 Å². The van der Waals surface area contributed by atoms with Crippen molar-refractivity contribution < 1.29 is 26.7 Å². The third-order valence-corrected chi connectivity index (χ3v) is 6.93. The summed E-state index contributed by atoms with van der Waals surface area (Å²) in [5.41, 5.74) is -1.35. The fraction of sp³-hybridized carbons (Fsp3) is 0.435. The molecule has 2 aliphatic heterocycles. The molecule has 0 radical (unpaired) electrons. The zero-order valence-corrected chi connectivity index (χ0v) is 19.3. The van der Waals surface area contributed by atoms with Crippen LogP contribution in [0.15, 0.2) is 29.5 Å². The maximum Gasteiger partial charge on any atom is 0.277 e. The third-order valence-electron chi connectivity index (χ3n) is 6.93. The van der Waals surface area contributed by atoms with Gasteiger partial charge in [0.2, 0.25) is 5.95 Å². The van der Waals surface area contributed by atoms with Crippen molar-refractivity contribution in [1.29, 1.82) is 0 Å². The Kier molecular flexibility index (Phi) is 5.87. The Morgan fingerprint density at radius 1 is 1.22 bits per heavy atom. The summed E-state index contributed by atoms with van der Waals surface area (Å²) in [6.45, 7) is 1.32. The number of halogens is 5. The minimum atomic E-state index is -2.71. The SMILES string of the molecule is O=c1[nH]c(N[C@@H]2CCN(C3COC3)C[C@H]2F)nn2cc(F)c(-c3cc(F)c4ncn(CC(F)F)c4c3)c12. The van der Waals surface area contributed by atoms with Gasteiger partial charge in [0.25, 0.3) is 12.0 Å². The number of ether oxygens (including phenoxy) is 1. The molecule has 1 aromatic carbocycles. The van der Waals surface area contributed by atoms with E-state index in [1.54, 1.807) is 0 Å². The number of imidazole rings is 1. The van der Waals surface area contributed by atoms with E-state index in [4.69, 9.17) is 4.74 Å². The summed E-state index contributed by atoms with van der Waals surface area (Å²) < 4.78 is 77.7. The highest BCUT2D eigenvalue weighted by molar-refractivity contribution is 5.88. The summed E-state index contributed by atoms with van der Waals surface area (Å²) in [6.07, 6.45) is -1.43. The van der Waals surface area contributed by atoms with Crippen molar-refractivity contribution in [2.75, 3.05) is 31.6 Å². The normalized spacial score (nSPS) is 21.2. The van der Waals surface area contributed by atoms with E-state index in [-0.39, 0.29) is 46.2 Å². The van der Waals surface area contributed by atoms with E-state index < -0.39 is 42.4 Å². The van der Waals surface area contributed by atoms with Crippen LogP contribution in [0.4, 0.5) is 27.9 Å². The number of nitrogens with one attached hydrogen (secondary N) is 2. The number of hydrogen-bond acceptors (Lipinski definition) is 6. The first-order chi connectivity index (χ1) is 17.8. The molecule has 2 fully saturated rings. The average Bonchev–Trinajstić information content (AvgIpc) is 3.34. The first kappa shape index (κ1) is 23.9. The Balaban J connectivity index is 1.32. The molecule has 3 aromatic heterocycles. The van der Waals surface area contributed by atoms with E-state index in [0.717, 1.165) is 27.7 Å². The summed E-state index contributed by atoms with van der Waals surface area (Å²) in [7, 11) is 0. The van der Waals surface area contributed by atoms with Crippen LogP contribution in [0.25, 0.3) is 27.7 Å². The van der Waals surface area contributed by atoms with E-state index in [9.17, 15) is 22.4 Å². The van der Waals surface area contributed by atoms with E-state index in [0.29, 0.717) is 26.2 Å². The molecule has 2 N–H and O–H groups in total. The molecule has 9 nitrogen and oxygen atoms in total. The summed E-state index contributed by atoms with van der Waals surface area (Å²) in [5.74, 6) is -1.76. The Hall–Kier alpha value is -3.52. The summed E-state index contributed by atoms with van der Waals surface area (Å²) in [6, 6.07) is 1.89. The zero-order valence-electron chi connectivity index (χ0n) is 19.3. The highest BCUT2D eigenvalue weighted by Gasteiger charge is 2.35. The second kappa shape index (κ2) is 9.10. The standard InChI is InChI=1S/C23H22F5N7O2/c24-13-3-11(4-17-20(13)29-10-34(17)7-18(27)28)19-15(26)6-35-21(19)22(36)31-23(32-35)30-16-1-2-33(5-14(16)25)12-8-37-9-12/h3-4,6,10,12,14,16,18H,1-2,5,7-9H2,(H2,30,31,32,36)/t14-,16-/m1/s1. The number of H-pyrrole nitrogens is 1. The van der Waals surface area contributed by atoms with Gasteiger partial charge in [-0.3, -0.25) is 14.7 Å². The fourth-order valence-electron chi connectivity index (χ4n) is 4.99. The quantitative estimate of drug-likeness (QED) is 0.378. The first-order valence-corrected chi connectivity index (χ1v) is 11.7. The van der Waals surface area contributed by atoms with Gasteiger partial charge >= 0.3 is 0 Å². The summed E-state index contributed by atoms with van der Waals surface area (Å²) in [4.78, 5) is 21.3. The Labute approximate surface area is 205 Å². The molecular formula is C23H22F5N7O2. The lowest BCUT2D eigenvalue weighted by Gasteiger charge is -2.42. The number of benzene rings is 1. The maximum absolute atomic E-state index is 15.1. The topological polar surface area (TPSA) is 92.5 Å². The molecule has 0 aliphatic carbocycles. The summed E-state index contributed by atoms with van der Waals surface area (Å²) in [5, 5.41) is 7.08. The fourth-order valence-corrected chi connectivity index (χ4v) is 4.99. The van der Waals surface area contributed by atoms with Gasteiger partial charge in [0, 0.05) is 13.1 Å². The molecule has 2 aliphatic rings. The number of hydrogen-bond donors (Lipinski definition) is 2. The Morgan fingerprint density at radius 2 is 2.03 bits per heavy atom. The van der Waals surface area contributed by atoms with Crippen LogP contribution in [-0.4, -0.2) is 80.0 Å². The van der Waals surface area contributed by atoms with Gasteiger partial charge in [0.15, 0.2) is 11.6 Å². The second-order valence-electron chi connectivity index (χ2n) is 9.30. The lowest BCUT2D eigenvalue weighted by Crippen LogP contribution is -2.57. The molecule has 0 amide bonds. The molecule has 37 heavy (non-hydrogen) atoms. The van der Waals surface area contributed by atoms with Gasteiger partial charge in [-0.1, -0.05) is 0 Å². The lowest BCUT2D eigenvalue weighted by molar-refractivity contribution is -0.0794. The molecule has 196 valence electrons. The van der Waals surface area contributed by atoms with E-state index in [1.165, 1.54) is 6.07 Å². The smallest absolute Gasteiger partial charge is 0.277 e. The number of likely N-dealkylation sites (tertiary alicyclic amines) is 1. The van der Waals surface area contributed by atoms with E-state index in [1.807, 2.05) is 4.90 Å². The second-order valence-corrected chi connectivity index (χ2v) is 9.30. The molecule has 2 atom stereocenters. The number of anilines is 1. The number of piperidine rings is 1. The van der Waals surface area contributed by atoms with Gasteiger partial charge in [0.05, 0.1) is 55.4 Å². The molecule has 0 bridgehead atoms. The van der Waals surface area contributed by atoms with E-state index >= 15 is 4.39 Å². The number of aromatic amines is 1. The molecule has 14 heteroatoms. The number of nitrogens with zero attached hydrogens (tertiary/aromatic N) is 5. The minimum absolute atomic E-state index is 0.0329. The number of rotatable bonds is 6. The van der Waals surface area contributed by atoms with Crippen molar-refractivity contribution in [1.82, 2.24) is 29.0 Å². The molecule has 0 saturated carbocycles. The minimum Gasteiger partial charge on any atom is -0.378 e. The van der Waals surface area contributed by atoms with Crippen LogP contribution in [0.1, 0.15) is 6.42 Å². The largest absolute Gasteiger partial charge is 0.378 e. The van der Waals surface area contributed by atoms with Crippen molar-refractivity contribution in [3.05, 3.63) is 46.6 Å². The molecule has 0 spiro atoms. The van der Waals surface area contributed by atoms with Gasteiger partial charge < -0.3 is 14.6 Å². The number of aromatic nitrogens is 5. The zero-order chi connectivity index (χ0) is 25.8. The molecule has 6 rings (SSSR count). The van der Waals surface area contributed by atoms with Crippen LogP contribution in [0.5, 0.6) is 0 Å². The number of alkyl halides is 3. The molecule has 0 unspecified atom stereocenters. The Morgan fingerprint density at radius 3 is 2.73 bits per heavy atom. The monoisotopic (exact) mass is 523 g/mol. The van der Waals surface area contributed by atoms with Crippen LogP contribution < -0.4 is 10.9 Å². The predicted octanol–water partition coefficient (Wildman–Crippen LogP) is 2.81. The van der Waals surface area contributed by atoms with Gasteiger partial charge in [-0.05, 0) is 24.1 Å². The van der Waals surface area contributed by atoms with Crippen LogP contribution in [0.3, 0.4) is 0 Å². The maximum atomic E-state index is 15.1. The average molecular weight is 523 g/mol. The van der Waals surface area contributed by atoms with Crippen molar-refractivity contribution >= 4 is 22.5 Å². The van der Waals surface area contributed by atoms with E-state index in [2.05, 4.69) is 20.4 Å². The molecular weight excluding hydrogens is 501 g/mol. The highest BCUT2D eigenvalue weighted by atomic mass is 19.3. The van der Waals surface area contributed by atoms with Crippen molar-refractivity contribution in [3.8, 4) is 11.1 Å². The Bertz CT molecular complexity index is 1530. The molecule has 2 saturated heterocycles. The summed E-state index contributed by atoms with van der Waals surface area (Å²) >= 11 is 0. The number of fused-ring (bicyclic) bond motifs is 2. The molecule has 5 heterocycles. The lowest BCUT2D eigenvalue weighted by atomic mass is 10.0. The van der Waals surface area contributed by atoms with Crippen LogP contribution in [0, 0.1) is 11.6 Å². The van der Waals surface area contributed by atoms with Gasteiger partial charge in [-0.2, -0.15) is 0 Å². The van der Waals surface area contributed by atoms with Crippen molar-refractivity contribution in [2.24, 2.45) is 0 Å². The van der Waals surface area contributed by atoms with Crippen LogP contribution in [0.2, 0.25) is 0 Å². The third kappa shape index (κ3) is 4.23. The molecule has 4 aromatic rings. The van der Waals surface area contributed by atoms with Gasteiger partial charge in [0.1, 0.15) is 17.2 Å². The predicted molar refractivity (Wildman–Crippen MR) is 124 cm³/mol. The van der Waals surface area contributed by atoms with Crippen LogP contribution in [-0.2, 0) is 11.3 Å². The van der Waals surface area contributed by atoms with Crippen LogP contribution >= 0.6 is 0 Å². The van der Waals surface area contributed by atoms with Crippen molar-refractivity contribution in [2.45, 2.75) is 37.6 Å².